The predicted octanol–water partition coefficient (Wildman–Crippen LogP) is 3.49. The maximum Gasteiger partial charge on any atom is 0.408 e. The number of alkyl halides is 3. The van der Waals surface area contributed by atoms with Crippen molar-refractivity contribution in [2.24, 2.45) is 0 Å². The van der Waals surface area contributed by atoms with Gasteiger partial charge in [-0.15, -0.1) is 0 Å². The molecule has 160 valence electrons. The number of Topliss-reactive ketones (excluding diaryl/α,β-unsaturated/α-hetero) is 1. The van der Waals surface area contributed by atoms with Crippen molar-refractivity contribution >= 4 is 27.7 Å². The molecule has 0 bridgehead atoms. The van der Waals surface area contributed by atoms with E-state index in [0.29, 0.717) is 10.2 Å². The molecule has 3 heterocycles. The van der Waals surface area contributed by atoms with Crippen LogP contribution in [0.2, 0.25) is 0 Å². The second-order valence-corrected chi connectivity index (χ2v) is 7.85. The first-order valence-corrected chi connectivity index (χ1v) is 10.0. The Labute approximate surface area is 182 Å². The Bertz CT molecular complexity index is 1180. The molecule has 4 rings (SSSR count). The molecule has 0 spiro atoms. The smallest absolute Gasteiger partial charge is 0.322 e. The first-order chi connectivity index (χ1) is 14.7. The van der Waals surface area contributed by atoms with E-state index >= 15 is 0 Å². The number of fused-ring (bicyclic) bond motifs is 1. The zero-order valence-electron chi connectivity index (χ0n) is 15.9. The third-order valence-electron chi connectivity index (χ3n) is 4.93. The van der Waals surface area contributed by atoms with Crippen molar-refractivity contribution in [1.82, 2.24) is 19.5 Å². The number of anilines is 1. The maximum atomic E-state index is 13.8. The van der Waals surface area contributed by atoms with Crippen LogP contribution in [-0.2, 0) is 6.54 Å². The van der Waals surface area contributed by atoms with Crippen LogP contribution >= 0.6 is 15.9 Å². The lowest BCUT2D eigenvalue weighted by molar-refractivity contribution is -0.152. The lowest BCUT2D eigenvalue weighted by atomic mass is 10.1. The van der Waals surface area contributed by atoms with Crippen LogP contribution in [0.3, 0.4) is 0 Å². The van der Waals surface area contributed by atoms with Crippen LogP contribution in [0.5, 0.6) is 0 Å². The molecule has 1 aliphatic rings. The quantitative estimate of drug-likeness (QED) is 0.517. The summed E-state index contributed by atoms with van der Waals surface area (Å²) >= 11 is 3.25. The van der Waals surface area contributed by atoms with Crippen molar-refractivity contribution in [3.8, 4) is 11.4 Å². The number of carbonyl (C=O) groups excluding carboxylic acids is 1. The Kier molecular flexibility index (Phi) is 5.61. The van der Waals surface area contributed by atoms with Gasteiger partial charge in [-0.1, -0.05) is 28.1 Å². The number of carbonyl (C=O) groups is 1. The minimum absolute atomic E-state index is 0.112. The zero-order valence-corrected chi connectivity index (χ0v) is 17.5. The number of nitrogens with zero attached hydrogens (tertiary/aromatic N) is 5. The topological polar surface area (TPSA) is 81.0 Å². The highest BCUT2D eigenvalue weighted by molar-refractivity contribution is 9.10. The SMILES string of the molecule is O=C(CN1c2nc(-c3ccncn3)cc(=O)n2CCC1C(F)(F)F)c1cccc(Br)c1. The van der Waals surface area contributed by atoms with E-state index in [4.69, 9.17) is 0 Å². The molecule has 0 saturated carbocycles. The second kappa shape index (κ2) is 8.22. The molecule has 1 aliphatic heterocycles. The normalized spacial score (nSPS) is 16.1. The van der Waals surface area contributed by atoms with Gasteiger partial charge in [0.1, 0.15) is 12.4 Å². The van der Waals surface area contributed by atoms with Gasteiger partial charge in [0, 0.05) is 28.8 Å². The van der Waals surface area contributed by atoms with Crippen molar-refractivity contribution in [3.05, 3.63) is 69.3 Å². The summed E-state index contributed by atoms with van der Waals surface area (Å²) in [5.41, 5.74) is 0.144. The monoisotopic (exact) mass is 493 g/mol. The predicted molar refractivity (Wildman–Crippen MR) is 110 cm³/mol. The van der Waals surface area contributed by atoms with Crippen LogP contribution in [0.4, 0.5) is 19.1 Å². The molecular weight excluding hydrogens is 479 g/mol. The molecular formula is C20H15BrF3N5O2. The summed E-state index contributed by atoms with van der Waals surface area (Å²) in [4.78, 5) is 38.4. The van der Waals surface area contributed by atoms with Gasteiger partial charge in [0.25, 0.3) is 5.56 Å². The van der Waals surface area contributed by atoms with Crippen LogP contribution in [-0.4, -0.2) is 44.1 Å². The number of benzene rings is 1. The summed E-state index contributed by atoms with van der Waals surface area (Å²) in [6.07, 6.45) is -2.28. The molecule has 0 amide bonds. The third-order valence-corrected chi connectivity index (χ3v) is 5.42. The molecule has 0 aliphatic carbocycles. The molecule has 7 nitrogen and oxygen atoms in total. The molecule has 1 aromatic carbocycles. The molecule has 1 unspecified atom stereocenters. The Morgan fingerprint density at radius 1 is 1.19 bits per heavy atom. The van der Waals surface area contributed by atoms with Crippen molar-refractivity contribution in [1.29, 1.82) is 0 Å². The van der Waals surface area contributed by atoms with Gasteiger partial charge >= 0.3 is 6.18 Å². The summed E-state index contributed by atoms with van der Waals surface area (Å²) in [5, 5.41) is 0. The van der Waals surface area contributed by atoms with Crippen LogP contribution in [0.25, 0.3) is 11.4 Å². The highest BCUT2D eigenvalue weighted by atomic mass is 79.9. The highest BCUT2D eigenvalue weighted by Gasteiger charge is 2.47. The number of aromatic nitrogens is 4. The fourth-order valence-corrected chi connectivity index (χ4v) is 3.87. The number of rotatable bonds is 4. The molecule has 0 saturated heterocycles. The number of hydrogen-bond donors (Lipinski definition) is 0. The van der Waals surface area contributed by atoms with Gasteiger partial charge in [0.15, 0.2) is 5.78 Å². The van der Waals surface area contributed by atoms with E-state index < -0.39 is 30.1 Å². The standard InChI is InChI=1S/C20H15BrF3N5O2/c21-13-3-1-2-12(8-13)16(30)10-29-17(20(22,23)24)5-7-28-18(31)9-15(27-19(28)29)14-4-6-25-11-26-14/h1-4,6,8-9,11,17H,5,7,10H2. The van der Waals surface area contributed by atoms with Gasteiger partial charge in [-0.3, -0.25) is 14.2 Å². The number of hydrogen-bond acceptors (Lipinski definition) is 6. The lowest BCUT2D eigenvalue weighted by Gasteiger charge is -2.38. The lowest BCUT2D eigenvalue weighted by Crippen LogP contribution is -2.54. The summed E-state index contributed by atoms with van der Waals surface area (Å²) < 4.78 is 43.3. The van der Waals surface area contributed by atoms with Gasteiger partial charge in [-0.25, -0.2) is 15.0 Å². The fraction of sp³-hybridized carbons (Fsp3) is 0.250. The van der Waals surface area contributed by atoms with Gasteiger partial charge in [-0.2, -0.15) is 13.2 Å². The summed E-state index contributed by atoms with van der Waals surface area (Å²) in [5.74, 6) is -0.733. The number of halogens is 4. The van der Waals surface area contributed by atoms with Crippen molar-refractivity contribution < 1.29 is 18.0 Å². The minimum Gasteiger partial charge on any atom is -0.322 e. The van der Waals surface area contributed by atoms with Crippen molar-refractivity contribution in [3.63, 3.8) is 0 Å². The highest BCUT2D eigenvalue weighted by Crippen LogP contribution is 2.34. The minimum atomic E-state index is -4.61. The summed E-state index contributed by atoms with van der Waals surface area (Å²) in [7, 11) is 0. The average Bonchev–Trinajstić information content (AvgIpc) is 2.73. The number of ketones is 1. The largest absolute Gasteiger partial charge is 0.408 e. The summed E-state index contributed by atoms with van der Waals surface area (Å²) in [6.45, 7) is -0.739. The van der Waals surface area contributed by atoms with E-state index in [-0.39, 0.29) is 30.2 Å². The maximum absolute atomic E-state index is 13.8. The molecule has 0 fully saturated rings. The molecule has 11 heteroatoms. The molecule has 31 heavy (non-hydrogen) atoms. The van der Waals surface area contributed by atoms with Crippen molar-refractivity contribution in [2.75, 3.05) is 11.4 Å². The van der Waals surface area contributed by atoms with E-state index in [1.807, 2.05) is 0 Å². The van der Waals surface area contributed by atoms with Crippen LogP contribution in [0.15, 0.2) is 58.2 Å². The first-order valence-electron chi connectivity index (χ1n) is 9.24. The zero-order chi connectivity index (χ0) is 22.2. The third kappa shape index (κ3) is 4.36. The Morgan fingerprint density at radius 2 is 2.00 bits per heavy atom. The Morgan fingerprint density at radius 3 is 2.68 bits per heavy atom. The van der Waals surface area contributed by atoms with E-state index in [0.717, 1.165) is 9.47 Å². The van der Waals surface area contributed by atoms with Crippen LogP contribution < -0.4 is 10.5 Å². The van der Waals surface area contributed by atoms with E-state index in [1.165, 1.54) is 36.8 Å². The molecule has 1 atom stereocenters. The molecule has 3 aromatic rings. The van der Waals surface area contributed by atoms with E-state index in [9.17, 15) is 22.8 Å². The Balaban J connectivity index is 1.80. The second-order valence-electron chi connectivity index (χ2n) is 6.93. The van der Waals surface area contributed by atoms with Crippen LogP contribution in [0, 0.1) is 0 Å². The molecule has 0 N–H and O–H groups in total. The van der Waals surface area contributed by atoms with E-state index in [1.54, 1.807) is 12.1 Å². The van der Waals surface area contributed by atoms with Gasteiger partial charge < -0.3 is 4.90 Å². The first kappa shape index (κ1) is 21.2. The Hall–Kier alpha value is -3.08. The average molecular weight is 494 g/mol. The molecule has 0 radical (unpaired) electrons. The van der Waals surface area contributed by atoms with E-state index in [2.05, 4.69) is 30.9 Å². The van der Waals surface area contributed by atoms with Crippen molar-refractivity contribution in [2.45, 2.75) is 25.2 Å². The fourth-order valence-electron chi connectivity index (χ4n) is 3.47. The van der Waals surface area contributed by atoms with Gasteiger partial charge in [0.05, 0.1) is 17.9 Å². The molecule has 2 aromatic heterocycles. The van der Waals surface area contributed by atoms with Gasteiger partial charge in [-0.05, 0) is 24.6 Å². The van der Waals surface area contributed by atoms with Crippen LogP contribution in [0.1, 0.15) is 16.8 Å². The summed E-state index contributed by atoms with van der Waals surface area (Å²) in [6, 6.07) is 7.16. The van der Waals surface area contributed by atoms with Gasteiger partial charge in [0.2, 0.25) is 5.95 Å².